The number of ether oxygens (including phenoxy) is 1. The molecule has 4 heteroatoms. The Morgan fingerprint density at radius 2 is 2.20 bits per heavy atom. The molecule has 1 aromatic heterocycles. The molecule has 1 heterocycles. The van der Waals surface area contributed by atoms with Crippen LogP contribution in [0.25, 0.3) is 0 Å². The zero-order chi connectivity index (χ0) is 14.4. The first kappa shape index (κ1) is 15.3. The van der Waals surface area contributed by atoms with Crippen LogP contribution in [0.2, 0.25) is 0 Å². The first-order valence-corrected chi connectivity index (χ1v) is 7.65. The standard InChI is InChI=1S/C16H27N3O/c1-13(2)11-17-12-14-5-4-6-16(18-14)20-10-9-19(3)15-7-8-15/h4-6,13,15,17H,7-12H2,1-3H3. The molecule has 0 amide bonds. The van der Waals surface area contributed by atoms with Gasteiger partial charge in [-0.2, -0.15) is 0 Å². The Morgan fingerprint density at radius 3 is 2.90 bits per heavy atom. The molecule has 0 atom stereocenters. The number of hydrogen-bond donors (Lipinski definition) is 1. The van der Waals surface area contributed by atoms with Crippen molar-refractivity contribution in [3.63, 3.8) is 0 Å². The molecular formula is C16H27N3O. The Hall–Kier alpha value is -1.13. The number of rotatable bonds is 9. The quantitative estimate of drug-likeness (QED) is 0.751. The third-order valence-corrected chi connectivity index (χ3v) is 3.50. The molecule has 4 nitrogen and oxygen atoms in total. The highest BCUT2D eigenvalue weighted by atomic mass is 16.5. The maximum atomic E-state index is 5.74. The second-order valence-electron chi connectivity index (χ2n) is 6.05. The summed E-state index contributed by atoms with van der Waals surface area (Å²) in [6.45, 7) is 7.91. The number of hydrogen-bond acceptors (Lipinski definition) is 4. The van der Waals surface area contributed by atoms with E-state index in [0.29, 0.717) is 12.5 Å². The van der Waals surface area contributed by atoms with Gasteiger partial charge in [0.2, 0.25) is 5.88 Å². The third kappa shape index (κ3) is 5.47. The minimum absolute atomic E-state index is 0.660. The van der Waals surface area contributed by atoms with Crippen LogP contribution < -0.4 is 10.1 Å². The minimum atomic E-state index is 0.660. The van der Waals surface area contributed by atoms with Crippen molar-refractivity contribution in [2.45, 2.75) is 39.3 Å². The smallest absolute Gasteiger partial charge is 0.213 e. The van der Waals surface area contributed by atoms with Crippen LogP contribution >= 0.6 is 0 Å². The maximum Gasteiger partial charge on any atom is 0.213 e. The van der Waals surface area contributed by atoms with E-state index in [1.165, 1.54) is 12.8 Å². The minimum Gasteiger partial charge on any atom is -0.476 e. The van der Waals surface area contributed by atoms with Gasteiger partial charge >= 0.3 is 0 Å². The molecule has 1 fully saturated rings. The molecule has 1 N–H and O–H groups in total. The van der Waals surface area contributed by atoms with Crippen molar-refractivity contribution in [2.75, 3.05) is 26.7 Å². The van der Waals surface area contributed by atoms with Gasteiger partial charge in [-0.05, 0) is 38.4 Å². The molecule has 0 aliphatic heterocycles. The van der Waals surface area contributed by atoms with Crippen molar-refractivity contribution in [3.8, 4) is 5.88 Å². The van der Waals surface area contributed by atoms with E-state index in [0.717, 1.165) is 37.3 Å². The molecule has 1 saturated carbocycles. The van der Waals surface area contributed by atoms with E-state index in [4.69, 9.17) is 4.74 Å². The zero-order valence-electron chi connectivity index (χ0n) is 12.9. The van der Waals surface area contributed by atoms with Crippen LogP contribution in [-0.4, -0.2) is 42.7 Å². The van der Waals surface area contributed by atoms with Gasteiger partial charge in [-0.1, -0.05) is 19.9 Å². The van der Waals surface area contributed by atoms with Crippen molar-refractivity contribution < 1.29 is 4.74 Å². The summed E-state index contributed by atoms with van der Waals surface area (Å²) in [5, 5.41) is 3.40. The second kappa shape index (κ2) is 7.60. The monoisotopic (exact) mass is 277 g/mol. The Bertz CT molecular complexity index is 404. The van der Waals surface area contributed by atoms with Gasteiger partial charge < -0.3 is 15.0 Å². The van der Waals surface area contributed by atoms with Gasteiger partial charge in [0, 0.05) is 25.2 Å². The molecule has 0 aromatic carbocycles. The van der Waals surface area contributed by atoms with Crippen LogP contribution in [0.5, 0.6) is 5.88 Å². The summed E-state index contributed by atoms with van der Waals surface area (Å²) in [4.78, 5) is 6.89. The van der Waals surface area contributed by atoms with E-state index in [1.54, 1.807) is 0 Å². The topological polar surface area (TPSA) is 37.4 Å². The van der Waals surface area contributed by atoms with Gasteiger partial charge in [-0.3, -0.25) is 0 Å². The SMILES string of the molecule is CC(C)CNCc1cccc(OCCN(C)C2CC2)n1. The van der Waals surface area contributed by atoms with Gasteiger partial charge in [-0.25, -0.2) is 4.98 Å². The largest absolute Gasteiger partial charge is 0.476 e. The molecule has 20 heavy (non-hydrogen) atoms. The average Bonchev–Trinajstić information content (AvgIpc) is 3.23. The van der Waals surface area contributed by atoms with Crippen LogP contribution in [0.4, 0.5) is 0 Å². The number of aromatic nitrogens is 1. The molecule has 0 bridgehead atoms. The van der Waals surface area contributed by atoms with Crippen molar-refractivity contribution in [3.05, 3.63) is 23.9 Å². The van der Waals surface area contributed by atoms with Gasteiger partial charge in [-0.15, -0.1) is 0 Å². The highest BCUT2D eigenvalue weighted by Crippen LogP contribution is 2.24. The van der Waals surface area contributed by atoms with Gasteiger partial charge in [0.05, 0.1) is 5.69 Å². The lowest BCUT2D eigenvalue weighted by Crippen LogP contribution is -2.26. The summed E-state index contributed by atoms with van der Waals surface area (Å²) in [5.74, 6) is 1.39. The molecule has 1 aliphatic rings. The summed E-state index contributed by atoms with van der Waals surface area (Å²) in [5.41, 5.74) is 1.04. The summed E-state index contributed by atoms with van der Waals surface area (Å²) in [6.07, 6.45) is 2.68. The summed E-state index contributed by atoms with van der Waals surface area (Å²) in [6, 6.07) is 6.77. The lowest BCUT2D eigenvalue weighted by atomic mass is 10.2. The highest BCUT2D eigenvalue weighted by Gasteiger charge is 2.25. The summed E-state index contributed by atoms with van der Waals surface area (Å²) >= 11 is 0. The Balaban J connectivity index is 1.70. The van der Waals surface area contributed by atoms with Gasteiger partial charge in [0.15, 0.2) is 0 Å². The Kier molecular flexibility index (Phi) is 5.80. The zero-order valence-corrected chi connectivity index (χ0v) is 12.9. The number of pyridine rings is 1. The maximum absolute atomic E-state index is 5.74. The van der Waals surface area contributed by atoms with E-state index < -0.39 is 0 Å². The first-order valence-electron chi connectivity index (χ1n) is 7.65. The molecule has 112 valence electrons. The van der Waals surface area contributed by atoms with E-state index in [-0.39, 0.29) is 0 Å². The normalized spacial score (nSPS) is 15.1. The molecular weight excluding hydrogens is 250 g/mol. The second-order valence-corrected chi connectivity index (χ2v) is 6.05. The predicted molar refractivity (Wildman–Crippen MR) is 81.9 cm³/mol. The summed E-state index contributed by atoms with van der Waals surface area (Å²) in [7, 11) is 2.17. The average molecular weight is 277 g/mol. The first-order chi connectivity index (χ1) is 9.65. The van der Waals surface area contributed by atoms with E-state index in [2.05, 4.69) is 36.1 Å². The van der Waals surface area contributed by atoms with Crippen LogP contribution in [0.1, 0.15) is 32.4 Å². The molecule has 2 rings (SSSR count). The predicted octanol–water partition coefficient (Wildman–Crippen LogP) is 2.30. The number of nitrogens with zero attached hydrogens (tertiary/aromatic N) is 2. The van der Waals surface area contributed by atoms with E-state index >= 15 is 0 Å². The molecule has 0 unspecified atom stereocenters. The molecule has 1 aliphatic carbocycles. The van der Waals surface area contributed by atoms with Crippen LogP contribution in [0, 0.1) is 5.92 Å². The van der Waals surface area contributed by atoms with Crippen LogP contribution in [0.15, 0.2) is 18.2 Å². The van der Waals surface area contributed by atoms with Crippen molar-refractivity contribution in [1.29, 1.82) is 0 Å². The number of nitrogens with one attached hydrogen (secondary N) is 1. The molecule has 0 saturated heterocycles. The van der Waals surface area contributed by atoms with Crippen molar-refractivity contribution in [1.82, 2.24) is 15.2 Å². The van der Waals surface area contributed by atoms with E-state index in [9.17, 15) is 0 Å². The fourth-order valence-corrected chi connectivity index (χ4v) is 2.12. The van der Waals surface area contributed by atoms with Crippen LogP contribution in [0.3, 0.4) is 0 Å². The van der Waals surface area contributed by atoms with Gasteiger partial charge in [0.1, 0.15) is 6.61 Å². The third-order valence-electron chi connectivity index (χ3n) is 3.50. The molecule has 1 aromatic rings. The highest BCUT2D eigenvalue weighted by molar-refractivity contribution is 5.15. The number of likely N-dealkylation sites (N-methyl/N-ethyl adjacent to an activating group) is 1. The fourth-order valence-electron chi connectivity index (χ4n) is 2.12. The molecule has 0 spiro atoms. The van der Waals surface area contributed by atoms with Crippen molar-refractivity contribution >= 4 is 0 Å². The van der Waals surface area contributed by atoms with Crippen molar-refractivity contribution in [2.24, 2.45) is 5.92 Å². The fraction of sp³-hybridized carbons (Fsp3) is 0.688. The lowest BCUT2D eigenvalue weighted by Gasteiger charge is -2.15. The van der Waals surface area contributed by atoms with Gasteiger partial charge in [0.25, 0.3) is 0 Å². The molecule has 0 radical (unpaired) electrons. The van der Waals surface area contributed by atoms with E-state index in [1.807, 2.05) is 18.2 Å². The van der Waals surface area contributed by atoms with Crippen LogP contribution in [-0.2, 0) is 6.54 Å². The Morgan fingerprint density at radius 1 is 1.40 bits per heavy atom. The lowest BCUT2D eigenvalue weighted by molar-refractivity contribution is 0.226. The Labute approximate surface area is 122 Å². The summed E-state index contributed by atoms with van der Waals surface area (Å²) < 4.78 is 5.74.